The van der Waals surface area contributed by atoms with Crippen LogP contribution in [0.1, 0.15) is 24.5 Å². The number of carbonyl (C=O) groups excluding carboxylic acids is 1. The smallest absolute Gasteiger partial charge is 0.219 e. The Hall–Kier alpha value is -2.18. The first kappa shape index (κ1) is 18.2. The highest BCUT2D eigenvalue weighted by molar-refractivity contribution is 5.73. The Morgan fingerprint density at radius 2 is 2.11 bits per heavy atom. The number of aromatic amines is 1. The minimum Gasteiger partial charge on any atom is -0.396 e. The lowest BCUT2D eigenvalue weighted by Crippen LogP contribution is -2.50. The lowest BCUT2D eigenvalue weighted by Gasteiger charge is -2.42. The largest absolute Gasteiger partial charge is 0.396 e. The third-order valence-corrected chi connectivity index (χ3v) is 6.42. The van der Waals surface area contributed by atoms with Crippen molar-refractivity contribution in [2.45, 2.75) is 26.8 Å². The number of aromatic nitrogens is 2. The van der Waals surface area contributed by atoms with Gasteiger partial charge in [-0.15, -0.1) is 0 Å². The summed E-state index contributed by atoms with van der Waals surface area (Å²) >= 11 is 0. The molecule has 1 aromatic carbocycles. The van der Waals surface area contributed by atoms with Gasteiger partial charge >= 0.3 is 0 Å². The van der Waals surface area contributed by atoms with Crippen molar-refractivity contribution in [3.63, 3.8) is 0 Å². The molecule has 2 aromatic rings. The topological polar surface area (TPSA) is 72.5 Å². The van der Waals surface area contributed by atoms with E-state index in [0.717, 1.165) is 50.4 Å². The average molecular weight is 368 g/mol. The van der Waals surface area contributed by atoms with E-state index in [0.29, 0.717) is 5.92 Å². The van der Waals surface area contributed by atoms with Crippen molar-refractivity contribution in [3.05, 3.63) is 41.6 Å². The van der Waals surface area contributed by atoms with Gasteiger partial charge in [0.25, 0.3) is 0 Å². The maximum absolute atomic E-state index is 11.8. The standard InChI is InChI=1S/C21H28N4O2/c1-15-3-5-17(6-4-15)20-18(9-22-23-20)10-24-11-19-12-25(16(2)27)8-7-21(19,13-24)14-26/h3-6,9,19,26H,7-8,10-14H2,1-2H3,(H,22,23)/t19-,21-/m0/s1. The van der Waals surface area contributed by atoms with Crippen LogP contribution in [0.2, 0.25) is 0 Å². The molecule has 6 nitrogen and oxygen atoms in total. The number of nitrogens with one attached hydrogen (secondary N) is 1. The van der Waals surface area contributed by atoms with E-state index in [4.69, 9.17) is 0 Å². The predicted octanol–water partition coefficient (Wildman–Crippen LogP) is 2.05. The average Bonchev–Trinajstić information content (AvgIpc) is 3.26. The maximum Gasteiger partial charge on any atom is 0.219 e. The molecular formula is C21H28N4O2. The molecule has 2 aliphatic rings. The van der Waals surface area contributed by atoms with E-state index in [1.54, 1.807) is 6.92 Å². The monoisotopic (exact) mass is 368 g/mol. The SMILES string of the molecule is CC(=O)N1CC[C@@]2(CO)CN(Cc3cn[nH]c3-c3ccc(C)cc3)C[C@H]2C1. The first-order chi connectivity index (χ1) is 13.0. The number of nitrogens with zero attached hydrogens (tertiary/aromatic N) is 3. The predicted molar refractivity (Wildman–Crippen MR) is 104 cm³/mol. The van der Waals surface area contributed by atoms with E-state index in [1.165, 1.54) is 11.1 Å². The Morgan fingerprint density at radius 1 is 1.33 bits per heavy atom. The van der Waals surface area contributed by atoms with Gasteiger partial charge in [0.05, 0.1) is 18.5 Å². The van der Waals surface area contributed by atoms with Gasteiger partial charge in [0.2, 0.25) is 5.91 Å². The van der Waals surface area contributed by atoms with E-state index in [1.807, 2.05) is 11.1 Å². The number of hydrogen-bond acceptors (Lipinski definition) is 4. The van der Waals surface area contributed by atoms with Crippen LogP contribution in [-0.2, 0) is 11.3 Å². The van der Waals surface area contributed by atoms with Gasteiger partial charge in [-0.3, -0.25) is 14.8 Å². The molecule has 144 valence electrons. The van der Waals surface area contributed by atoms with Crippen molar-refractivity contribution in [3.8, 4) is 11.3 Å². The third kappa shape index (κ3) is 3.39. The van der Waals surface area contributed by atoms with Gasteiger partial charge in [-0.05, 0) is 24.8 Å². The van der Waals surface area contributed by atoms with Crippen molar-refractivity contribution in [2.75, 3.05) is 32.8 Å². The summed E-state index contributed by atoms with van der Waals surface area (Å²) in [7, 11) is 0. The Labute approximate surface area is 160 Å². The van der Waals surface area contributed by atoms with Gasteiger partial charge < -0.3 is 10.0 Å². The molecule has 6 heteroatoms. The summed E-state index contributed by atoms with van der Waals surface area (Å²) in [5.74, 6) is 0.464. The van der Waals surface area contributed by atoms with Crippen LogP contribution in [0.4, 0.5) is 0 Å². The molecule has 1 amide bonds. The molecule has 0 spiro atoms. The fourth-order valence-electron chi connectivity index (χ4n) is 4.70. The number of rotatable bonds is 4. The molecule has 0 radical (unpaired) electrons. The maximum atomic E-state index is 11.8. The number of amides is 1. The first-order valence-corrected chi connectivity index (χ1v) is 9.69. The number of H-pyrrole nitrogens is 1. The highest BCUT2D eigenvalue weighted by Gasteiger charge is 2.49. The molecule has 0 unspecified atom stereocenters. The highest BCUT2D eigenvalue weighted by Crippen LogP contribution is 2.43. The second-order valence-corrected chi connectivity index (χ2v) is 8.24. The van der Waals surface area contributed by atoms with Crippen molar-refractivity contribution < 1.29 is 9.90 Å². The number of benzene rings is 1. The van der Waals surface area contributed by atoms with E-state index in [9.17, 15) is 9.90 Å². The summed E-state index contributed by atoms with van der Waals surface area (Å²) < 4.78 is 0. The second kappa shape index (κ2) is 7.09. The fraction of sp³-hybridized carbons (Fsp3) is 0.524. The lowest BCUT2D eigenvalue weighted by molar-refractivity contribution is -0.133. The van der Waals surface area contributed by atoms with Crippen LogP contribution in [0.15, 0.2) is 30.5 Å². The van der Waals surface area contributed by atoms with Crippen molar-refractivity contribution in [1.29, 1.82) is 0 Å². The quantitative estimate of drug-likeness (QED) is 0.866. The summed E-state index contributed by atoms with van der Waals surface area (Å²) in [4.78, 5) is 16.1. The zero-order valence-corrected chi connectivity index (χ0v) is 16.1. The number of aliphatic hydroxyl groups is 1. The van der Waals surface area contributed by atoms with Gasteiger partial charge in [-0.1, -0.05) is 29.8 Å². The van der Waals surface area contributed by atoms with Gasteiger partial charge in [0, 0.05) is 50.6 Å². The Bertz CT molecular complexity index is 816. The fourth-order valence-corrected chi connectivity index (χ4v) is 4.70. The normalized spacial score (nSPS) is 25.6. The first-order valence-electron chi connectivity index (χ1n) is 9.69. The Kier molecular flexibility index (Phi) is 4.78. The van der Waals surface area contributed by atoms with Crippen LogP contribution in [0, 0.1) is 18.3 Å². The molecular weight excluding hydrogens is 340 g/mol. The molecule has 2 N–H and O–H groups in total. The summed E-state index contributed by atoms with van der Waals surface area (Å²) in [6.45, 7) is 8.00. The highest BCUT2D eigenvalue weighted by atomic mass is 16.3. The lowest BCUT2D eigenvalue weighted by atomic mass is 9.73. The molecule has 2 fully saturated rings. The molecule has 4 rings (SSSR count). The molecule has 27 heavy (non-hydrogen) atoms. The number of hydrogen-bond donors (Lipinski definition) is 2. The zero-order valence-electron chi connectivity index (χ0n) is 16.1. The number of likely N-dealkylation sites (tertiary alicyclic amines) is 2. The van der Waals surface area contributed by atoms with Gasteiger partial charge in [-0.25, -0.2) is 0 Å². The molecule has 1 aromatic heterocycles. The van der Waals surface area contributed by atoms with E-state index in [-0.39, 0.29) is 17.9 Å². The number of carbonyl (C=O) groups is 1. The summed E-state index contributed by atoms with van der Waals surface area (Å²) in [5.41, 5.74) is 4.54. The molecule has 2 atom stereocenters. The summed E-state index contributed by atoms with van der Waals surface area (Å²) in [5, 5.41) is 17.5. The van der Waals surface area contributed by atoms with Crippen LogP contribution in [-0.4, -0.2) is 63.8 Å². The van der Waals surface area contributed by atoms with Crippen LogP contribution in [0.25, 0.3) is 11.3 Å². The summed E-state index contributed by atoms with van der Waals surface area (Å²) in [6.07, 6.45) is 2.78. The van der Waals surface area contributed by atoms with Crippen LogP contribution in [0.3, 0.4) is 0 Å². The number of aliphatic hydroxyl groups excluding tert-OH is 1. The molecule has 0 bridgehead atoms. The van der Waals surface area contributed by atoms with Crippen molar-refractivity contribution >= 4 is 5.91 Å². The third-order valence-electron chi connectivity index (χ3n) is 6.42. The van der Waals surface area contributed by atoms with Crippen LogP contribution < -0.4 is 0 Å². The molecule has 0 aliphatic carbocycles. The van der Waals surface area contributed by atoms with Crippen LogP contribution in [0.5, 0.6) is 0 Å². The minimum absolute atomic E-state index is 0.0836. The number of fused-ring (bicyclic) bond motifs is 1. The van der Waals surface area contributed by atoms with Gasteiger partial charge in [0.1, 0.15) is 0 Å². The van der Waals surface area contributed by atoms with E-state index in [2.05, 4.69) is 46.3 Å². The number of aryl methyl sites for hydroxylation is 1. The molecule has 2 aliphatic heterocycles. The van der Waals surface area contributed by atoms with Gasteiger partial charge in [0.15, 0.2) is 0 Å². The molecule has 3 heterocycles. The van der Waals surface area contributed by atoms with Crippen LogP contribution >= 0.6 is 0 Å². The van der Waals surface area contributed by atoms with E-state index < -0.39 is 0 Å². The van der Waals surface area contributed by atoms with Crippen molar-refractivity contribution in [2.24, 2.45) is 11.3 Å². The van der Waals surface area contributed by atoms with Gasteiger partial charge in [-0.2, -0.15) is 5.10 Å². The molecule has 2 saturated heterocycles. The zero-order chi connectivity index (χ0) is 19.0. The van der Waals surface area contributed by atoms with Crippen molar-refractivity contribution in [1.82, 2.24) is 20.0 Å². The number of piperidine rings is 1. The summed E-state index contributed by atoms with van der Waals surface area (Å²) in [6, 6.07) is 8.47. The Morgan fingerprint density at radius 3 is 2.81 bits per heavy atom. The minimum atomic E-state index is -0.0836. The second-order valence-electron chi connectivity index (χ2n) is 8.24. The Balaban J connectivity index is 1.51. The van der Waals surface area contributed by atoms with E-state index >= 15 is 0 Å². The molecule has 0 saturated carbocycles.